The van der Waals surface area contributed by atoms with Crippen LogP contribution in [0.15, 0.2) is 59.5 Å². The fourth-order valence-corrected chi connectivity index (χ4v) is 6.96. The smallest absolute Gasteiger partial charge is 0.324 e. The number of ether oxygens (including phenoxy) is 1. The van der Waals surface area contributed by atoms with Gasteiger partial charge in [0.1, 0.15) is 12.1 Å². The summed E-state index contributed by atoms with van der Waals surface area (Å²) in [4.78, 5) is 16.2. The number of piperidine rings is 1. The van der Waals surface area contributed by atoms with E-state index in [1.165, 1.54) is 0 Å². The van der Waals surface area contributed by atoms with Crippen molar-refractivity contribution in [3.8, 4) is 0 Å². The number of esters is 1. The normalized spacial score (nSPS) is 20.0. The Kier molecular flexibility index (Phi) is 10.7. The first-order chi connectivity index (χ1) is 18.9. The third-order valence-corrected chi connectivity index (χ3v) is 14.4. The molecule has 0 saturated carbocycles. The van der Waals surface area contributed by atoms with Gasteiger partial charge in [-0.2, -0.15) is 4.72 Å². The van der Waals surface area contributed by atoms with Gasteiger partial charge in [0.05, 0.1) is 4.90 Å². The summed E-state index contributed by atoms with van der Waals surface area (Å²) in [5, 5.41) is 0.108. The Morgan fingerprint density at radius 1 is 1.00 bits per heavy atom. The summed E-state index contributed by atoms with van der Waals surface area (Å²) in [6, 6.07) is 15.0. The van der Waals surface area contributed by atoms with Gasteiger partial charge in [0.25, 0.3) is 0 Å². The van der Waals surface area contributed by atoms with E-state index in [1.807, 2.05) is 37.3 Å². The zero-order chi connectivity index (χ0) is 30.6. The van der Waals surface area contributed by atoms with Crippen molar-refractivity contribution < 1.29 is 22.4 Å². The van der Waals surface area contributed by atoms with Crippen molar-refractivity contribution >= 4 is 24.3 Å². The summed E-state index contributed by atoms with van der Waals surface area (Å²) in [7, 11) is -5.88. The molecule has 1 N–H and O–H groups in total. The van der Waals surface area contributed by atoms with Crippen molar-refractivity contribution in [2.45, 2.75) is 102 Å². The van der Waals surface area contributed by atoms with Gasteiger partial charge >= 0.3 is 5.97 Å². The highest BCUT2D eigenvalue weighted by Gasteiger charge is 2.40. The lowest BCUT2D eigenvalue weighted by Crippen LogP contribution is -2.55. The first-order valence-corrected chi connectivity index (χ1v) is 19.0. The molecule has 2 aromatic carbocycles. The maximum atomic E-state index is 13.7. The van der Waals surface area contributed by atoms with Gasteiger partial charge in [0, 0.05) is 25.2 Å². The van der Waals surface area contributed by atoms with Gasteiger partial charge in [-0.15, -0.1) is 0 Å². The van der Waals surface area contributed by atoms with Crippen LogP contribution in [0.4, 0.5) is 0 Å². The molecule has 0 bridgehead atoms. The molecule has 0 radical (unpaired) electrons. The zero-order valence-corrected chi connectivity index (χ0v) is 28.2. The predicted molar refractivity (Wildman–Crippen MR) is 168 cm³/mol. The van der Waals surface area contributed by atoms with E-state index in [9.17, 15) is 13.2 Å². The summed E-state index contributed by atoms with van der Waals surface area (Å²) < 4.78 is 41.9. The van der Waals surface area contributed by atoms with E-state index in [0.29, 0.717) is 19.6 Å². The first-order valence-electron chi connectivity index (χ1n) is 14.6. The minimum atomic E-state index is -3.94. The van der Waals surface area contributed by atoms with Crippen LogP contribution in [0, 0.1) is 12.8 Å². The van der Waals surface area contributed by atoms with Crippen molar-refractivity contribution in [1.29, 1.82) is 0 Å². The van der Waals surface area contributed by atoms with Gasteiger partial charge in [0.2, 0.25) is 10.0 Å². The summed E-state index contributed by atoms with van der Waals surface area (Å²) in [5.41, 5.74) is 1.69. The quantitative estimate of drug-likeness (QED) is 0.268. The minimum Gasteiger partial charge on any atom is -0.460 e. The number of hydrogen-bond acceptors (Lipinski definition) is 6. The van der Waals surface area contributed by atoms with Gasteiger partial charge in [-0.25, -0.2) is 8.42 Å². The van der Waals surface area contributed by atoms with Crippen molar-refractivity contribution in [1.82, 2.24) is 9.62 Å². The van der Waals surface area contributed by atoms with E-state index in [0.717, 1.165) is 17.7 Å². The van der Waals surface area contributed by atoms with Crippen LogP contribution in [0.3, 0.4) is 0 Å². The van der Waals surface area contributed by atoms with E-state index >= 15 is 0 Å². The topological polar surface area (TPSA) is 84.9 Å². The van der Waals surface area contributed by atoms with Crippen LogP contribution in [0.5, 0.6) is 0 Å². The molecule has 0 aromatic heterocycles. The summed E-state index contributed by atoms with van der Waals surface area (Å²) in [5.74, 6) is -0.360. The highest BCUT2D eigenvalue weighted by molar-refractivity contribution is 7.89. The molecule has 1 saturated heterocycles. The second-order valence-electron chi connectivity index (χ2n) is 14.0. The standard InChI is InChI=1S/C32H50N2O5SSi/c1-24-15-17-28(18-16-24)40(36,37)33-29(20-25-13-11-10-12-14-25)30(35)39-27-19-26(21-34(22-27)31(2,3)4)23-38-41(8,9)32(5,6)7/h10-18,26-27,29,33H,19-23H2,1-9H3/t26-,27+,29-/m0/s1. The summed E-state index contributed by atoms with van der Waals surface area (Å²) in [6.07, 6.45) is 0.499. The molecular formula is C32H50N2O5SSi. The average molecular weight is 603 g/mol. The molecule has 3 rings (SSSR count). The van der Waals surface area contributed by atoms with E-state index in [2.05, 4.69) is 64.3 Å². The van der Waals surface area contributed by atoms with E-state index in [-0.39, 0.29) is 33.9 Å². The molecule has 0 amide bonds. The Labute approximate surface area is 249 Å². The molecule has 2 aromatic rings. The lowest BCUT2D eigenvalue weighted by atomic mass is 9.92. The number of aryl methyl sites for hydroxylation is 1. The number of nitrogens with one attached hydrogen (secondary N) is 1. The molecule has 0 aliphatic carbocycles. The fourth-order valence-electron chi connectivity index (χ4n) is 4.69. The number of benzene rings is 2. The molecular weight excluding hydrogens is 553 g/mol. The predicted octanol–water partition coefficient (Wildman–Crippen LogP) is 5.94. The average Bonchev–Trinajstić information content (AvgIpc) is 2.86. The molecule has 0 spiro atoms. The Morgan fingerprint density at radius 3 is 2.17 bits per heavy atom. The number of carbonyl (C=O) groups is 1. The van der Waals surface area contributed by atoms with Crippen molar-refractivity contribution in [2.75, 3.05) is 19.7 Å². The van der Waals surface area contributed by atoms with Crippen LogP contribution in [-0.4, -0.2) is 65.0 Å². The van der Waals surface area contributed by atoms with Gasteiger partial charge in [0.15, 0.2) is 8.32 Å². The van der Waals surface area contributed by atoms with Crippen LogP contribution in [-0.2, 0) is 30.4 Å². The summed E-state index contributed by atoms with van der Waals surface area (Å²) >= 11 is 0. The van der Waals surface area contributed by atoms with Crippen molar-refractivity contribution in [3.05, 3.63) is 65.7 Å². The summed E-state index contributed by atoms with van der Waals surface area (Å²) in [6.45, 7) is 21.7. The van der Waals surface area contributed by atoms with Crippen LogP contribution >= 0.6 is 0 Å². The Morgan fingerprint density at radius 2 is 1.61 bits per heavy atom. The molecule has 41 heavy (non-hydrogen) atoms. The monoisotopic (exact) mass is 602 g/mol. The molecule has 228 valence electrons. The van der Waals surface area contributed by atoms with Crippen molar-refractivity contribution in [3.63, 3.8) is 0 Å². The maximum Gasteiger partial charge on any atom is 0.324 e. The Bertz CT molecular complexity index is 1250. The highest BCUT2D eigenvalue weighted by Crippen LogP contribution is 2.37. The second-order valence-corrected chi connectivity index (χ2v) is 20.5. The fraction of sp³-hybridized carbons (Fsp3) is 0.594. The maximum absolute atomic E-state index is 13.7. The van der Waals surface area contributed by atoms with Gasteiger partial charge in [-0.05, 0) is 82.3 Å². The molecule has 1 fully saturated rings. The van der Waals surface area contributed by atoms with Crippen LogP contribution in [0.1, 0.15) is 59.1 Å². The van der Waals surface area contributed by atoms with Crippen LogP contribution in [0.25, 0.3) is 0 Å². The van der Waals surface area contributed by atoms with E-state index in [4.69, 9.17) is 9.16 Å². The molecule has 7 nitrogen and oxygen atoms in total. The lowest BCUT2D eigenvalue weighted by molar-refractivity contribution is -0.156. The minimum absolute atomic E-state index is 0.108. The third kappa shape index (κ3) is 9.48. The van der Waals surface area contributed by atoms with E-state index in [1.54, 1.807) is 24.3 Å². The third-order valence-electron chi connectivity index (χ3n) is 8.41. The number of likely N-dealkylation sites (tertiary alicyclic amines) is 1. The van der Waals surface area contributed by atoms with Gasteiger partial charge < -0.3 is 9.16 Å². The van der Waals surface area contributed by atoms with Gasteiger partial charge in [-0.3, -0.25) is 9.69 Å². The number of sulfonamides is 1. The number of hydrogen-bond donors (Lipinski definition) is 1. The first kappa shape index (κ1) is 33.5. The molecule has 0 unspecified atom stereocenters. The molecule has 1 aliphatic rings. The Balaban J connectivity index is 1.81. The largest absolute Gasteiger partial charge is 0.460 e. The zero-order valence-electron chi connectivity index (χ0n) is 26.4. The lowest BCUT2D eigenvalue weighted by Gasteiger charge is -2.45. The molecule has 9 heteroatoms. The molecule has 1 heterocycles. The number of rotatable bonds is 10. The SMILES string of the molecule is Cc1ccc(S(=O)(=O)N[C@@H](Cc2ccccc2)C(=O)O[C@@H]2C[C@H](CO[Si](C)(C)C(C)(C)C)CN(C(C)(C)C)C2)cc1. The second kappa shape index (κ2) is 13.1. The van der Waals surface area contributed by atoms with Gasteiger partial charge in [-0.1, -0.05) is 68.8 Å². The number of carbonyl (C=O) groups excluding carboxylic acids is 1. The van der Waals surface area contributed by atoms with Crippen molar-refractivity contribution in [2.24, 2.45) is 5.92 Å². The molecule has 1 aliphatic heterocycles. The Hall–Kier alpha value is -2.04. The van der Waals surface area contributed by atoms with Crippen LogP contribution in [0.2, 0.25) is 18.1 Å². The number of nitrogens with zero attached hydrogens (tertiary/aromatic N) is 1. The molecule has 3 atom stereocenters. The van der Waals surface area contributed by atoms with Crippen LogP contribution < -0.4 is 4.72 Å². The van der Waals surface area contributed by atoms with E-state index < -0.39 is 30.4 Å². The highest BCUT2D eigenvalue weighted by atomic mass is 32.2.